The van der Waals surface area contributed by atoms with Crippen molar-refractivity contribution < 1.29 is 27.4 Å². The molecule has 0 spiro atoms. The predicted octanol–water partition coefficient (Wildman–Crippen LogP) is 1.63. The van der Waals surface area contributed by atoms with E-state index in [0.717, 1.165) is 0 Å². The van der Waals surface area contributed by atoms with Gasteiger partial charge in [-0.2, -0.15) is 0 Å². The van der Waals surface area contributed by atoms with Gasteiger partial charge in [0, 0.05) is 19.7 Å². The van der Waals surface area contributed by atoms with Crippen LogP contribution in [0.25, 0.3) is 0 Å². The number of nitrogens with one attached hydrogen (secondary N) is 2. The summed E-state index contributed by atoms with van der Waals surface area (Å²) in [5.41, 5.74) is 0.400. The molecule has 1 aliphatic heterocycles. The van der Waals surface area contributed by atoms with Crippen LogP contribution in [-0.2, 0) is 14.8 Å². The number of ether oxygens (including phenoxy) is 3. The third kappa shape index (κ3) is 4.50. The second-order valence-corrected chi connectivity index (χ2v) is 7.39. The molecule has 2 aromatic rings. The smallest absolute Gasteiger partial charge is 0.262 e. The zero-order valence-electron chi connectivity index (χ0n) is 14.7. The summed E-state index contributed by atoms with van der Waals surface area (Å²) in [4.78, 5) is 12.3. The number of rotatable bonds is 7. The molecule has 3 rings (SSSR count). The summed E-state index contributed by atoms with van der Waals surface area (Å²) in [7, 11) is -2.39. The lowest BCUT2D eigenvalue weighted by molar-refractivity contribution is 0.0938. The molecule has 1 amide bonds. The quantitative estimate of drug-likeness (QED) is 0.695. The van der Waals surface area contributed by atoms with E-state index in [2.05, 4.69) is 10.0 Å². The van der Waals surface area contributed by atoms with Crippen LogP contribution in [0, 0.1) is 0 Å². The van der Waals surface area contributed by atoms with Crippen LogP contribution in [0.5, 0.6) is 11.5 Å². The zero-order chi connectivity index (χ0) is 19.3. The molecule has 0 bridgehead atoms. The maximum Gasteiger partial charge on any atom is 0.262 e. The fraction of sp³-hybridized carbons (Fsp3) is 0.278. The van der Waals surface area contributed by atoms with Crippen molar-refractivity contribution >= 4 is 21.6 Å². The molecule has 144 valence electrons. The van der Waals surface area contributed by atoms with E-state index in [9.17, 15) is 13.2 Å². The van der Waals surface area contributed by atoms with Gasteiger partial charge in [-0.15, -0.1) is 0 Å². The summed E-state index contributed by atoms with van der Waals surface area (Å²) in [5.74, 6) is 0.473. The van der Waals surface area contributed by atoms with E-state index in [1.165, 1.54) is 25.3 Å². The first-order chi connectivity index (χ1) is 13.0. The first-order valence-electron chi connectivity index (χ1n) is 8.30. The number of methoxy groups -OCH3 is 1. The second kappa shape index (κ2) is 8.28. The molecule has 2 aromatic carbocycles. The van der Waals surface area contributed by atoms with Crippen LogP contribution in [-0.4, -0.2) is 47.8 Å². The Hall–Kier alpha value is -2.78. The van der Waals surface area contributed by atoms with Gasteiger partial charge in [0.25, 0.3) is 15.9 Å². The van der Waals surface area contributed by atoms with E-state index in [1.807, 2.05) is 0 Å². The number of sulfonamides is 1. The van der Waals surface area contributed by atoms with Crippen molar-refractivity contribution in [2.24, 2.45) is 0 Å². The number of carbonyl (C=O) groups is 1. The third-order valence-corrected chi connectivity index (χ3v) is 5.19. The lowest BCUT2D eigenvalue weighted by Crippen LogP contribution is -2.28. The molecular formula is C18H20N2O6S. The summed E-state index contributed by atoms with van der Waals surface area (Å²) in [5, 5.41) is 2.67. The Morgan fingerprint density at radius 2 is 1.85 bits per heavy atom. The Morgan fingerprint density at radius 1 is 1.11 bits per heavy atom. The van der Waals surface area contributed by atoms with Crippen LogP contribution in [0.1, 0.15) is 10.4 Å². The number of benzene rings is 2. The number of fused-ring (bicyclic) bond motifs is 1. The van der Waals surface area contributed by atoms with Gasteiger partial charge in [0.05, 0.1) is 22.8 Å². The van der Waals surface area contributed by atoms with E-state index in [1.54, 1.807) is 24.3 Å². The molecule has 8 nitrogen and oxygen atoms in total. The van der Waals surface area contributed by atoms with Crippen molar-refractivity contribution in [3.8, 4) is 11.5 Å². The van der Waals surface area contributed by atoms with Gasteiger partial charge in [-0.25, -0.2) is 8.42 Å². The first kappa shape index (κ1) is 19.0. The minimum Gasteiger partial charge on any atom is -0.486 e. The van der Waals surface area contributed by atoms with E-state index < -0.39 is 15.9 Å². The average molecular weight is 392 g/mol. The van der Waals surface area contributed by atoms with E-state index in [4.69, 9.17) is 14.2 Å². The van der Waals surface area contributed by atoms with Gasteiger partial charge in [-0.05, 0) is 24.3 Å². The van der Waals surface area contributed by atoms with Gasteiger partial charge in [-0.1, -0.05) is 12.1 Å². The van der Waals surface area contributed by atoms with Gasteiger partial charge >= 0.3 is 0 Å². The molecule has 9 heteroatoms. The minimum atomic E-state index is -3.92. The van der Waals surface area contributed by atoms with E-state index in [-0.39, 0.29) is 16.1 Å². The summed E-state index contributed by atoms with van der Waals surface area (Å²) >= 11 is 0. The standard InChI is InChI=1S/C18H20N2O6S/c1-24-9-8-19-18(21)14-4-2-3-5-15(14)20-27(22,23)13-6-7-16-17(12-13)26-11-10-25-16/h2-7,12,20H,8-11H2,1H3,(H,19,21). The number of carbonyl (C=O) groups excluding carboxylic acids is 1. The molecule has 0 saturated heterocycles. The normalized spacial score (nSPS) is 13.1. The highest BCUT2D eigenvalue weighted by Crippen LogP contribution is 2.33. The molecular weight excluding hydrogens is 372 g/mol. The Labute approximate surface area is 157 Å². The van der Waals surface area contributed by atoms with Crippen LogP contribution in [0.15, 0.2) is 47.4 Å². The lowest BCUT2D eigenvalue weighted by Gasteiger charge is -2.19. The van der Waals surface area contributed by atoms with Crippen LogP contribution < -0.4 is 19.5 Å². The SMILES string of the molecule is COCCNC(=O)c1ccccc1NS(=O)(=O)c1ccc2c(c1)OCCO2. The number of anilines is 1. The lowest BCUT2D eigenvalue weighted by atomic mass is 10.2. The van der Waals surface area contributed by atoms with Crippen LogP contribution in [0.4, 0.5) is 5.69 Å². The van der Waals surface area contributed by atoms with Crippen LogP contribution in [0.3, 0.4) is 0 Å². The number of hydrogen-bond donors (Lipinski definition) is 2. The molecule has 27 heavy (non-hydrogen) atoms. The Balaban J connectivity index is 1.83. The highest BCUT2D eigenvalue weighted by atomic mass is 32.2. The van der Waals surface area contributed by atoms with Crippen molar-refractivity contribution in [3.63, 3.8) is 0 Å². The number of para-hydroxylation sites is 1. The molecule has 0 fully saturated rings. The second-order valence-electron chi connectivity index (χ2n) is 5.71. The molecule has 0 unspecified atom stereocenters. The summed E-state index contributed by atoms with van der Waals surface area (Å²) in [6.07, 6.45) is 0. The maximum atomic E-state index is 12.8. The highest BCUT2D eigenvalue weighted by Gasteiger charge is 2.21. The van der Waals surface area contributed by atoms with E-state index >= 15 is 0 Å². The molecule has 0 aliphatic carbocycles. The van der Waals surface area contributed by atoms with Crippen molar-refractivity contribution in [1.82, 2.24) is 5.32 Å². The fourth-order valence-corrected chi connectivity index (χ4v) is 3.62. The maximum absolute atomic E-state index is 12.8. The Bertz CT molecular complexity index is 929. The van der Waals surface area contributed by atoms with Crippen molar-refractivity contribution in [2.45, 2.75) is 4.90 Å². The monoisotopic (exact) mass is 392 g/mol. The summed E-state index contributed by atoms with van der Waals surface area (Å²) in [6, 6.07) is 10.8. The molecule has 0 radical (unpaired) electrons. The van der Waals surface area contributed by atoms with Gasteiger partial charge < -0.3 is 19.5 Å². The molecule has 1 aliphatic rings. The van der Waals surface area contributed by atoms with Gasteiger partial charge in [0.1, 0.15) is 13.2 Å². The summed E-state index contributed by atoms with van der Waals surface area (Å²) < 4.78 is 43.7. The third-order valence-electron chi connectivity index (χ3n) is 3.83. The molecule has 0 aromatic heterocycles. The molecule has 0 saturated carbocycles. The highest BCUT2D eigenvalue weighted by molar-refractivity contribution is 7.92. The number of amides is 1. The summed E-state index contributed by atoms with van der Waals surface area (Å²) in [6.45, 7) is 1.45. The minimum absolute atomic E-state index is 0.0151. The number of hydrogen-bond acceptors (Lipinski definition) is 6. The van der Waals surface area contributed by atoms with Crippen molar-refractivity contribution in [1.29, 1.82) is 0 Å². The topological polar surface area (TPSA) is 103 Å². The van der Waals surface area contributed by atoms with Crippen molar-refractivity contribution in [3.05, 3.63) is 48.0 Å². The molecule has 0 atom stereocenters. The fourth-order valence-electron chi connectivity index (χ4n) is 2.53. The predicted molar refractivity (Wildman–Crippen MR) is 98.9 cm³/mol. The average Bonchev–Trinajstić information content (AvgIpc) is 2.68. The van der Waals surface area contributed by atoms with Crippen LogP contribution in [0.2, 0.25) is 0 Å². The first-order valence-corrected chi connectivity index (χ1v) is 9.78. The van der Waals surface area contributed by atoms with Gasteiger partial charge in [0.15, 0.2) is 11.5 Å². The Morgan fingerprint density at radius 3 is 2.63 bits per heavy atom. The van der Waals surface area contributed by atoms with Crippen molar-refractivity contribution in [2.75, 3.05) is 38.2 Å². The molecule has 1 heterocycles. The van der Waals surface area contributed by atoms with Crippen LogP contribution >= 0.6 is 0 Å². The van der Waals surface area contributed by atoms with Gasteiger partial charge in [0.2, 0.25) is 0 Å². The van der Waals surface area contributed by atoms with E-state index in [0.29, 0.717) is 37.9 Å². The largest absolute Gasteiger partial charge is 0.486 e. The van der Waals surface area contributed by atoms with Gasteiger partial charge in [-0.3, -0.25) is 9.52 Å². The zero-order valence-corrected chi connectivity index (χ0v) is 15.5. The Kier molecular flexibility index (Phi) is 5.82. The molecule has 2 N–H and O–H groups in total.